The normalized spacial score (nSPS) is 10.8. The van der Waals surface area contributed by atoms with E-state index in [4.69, 9.17) is 11.6 Å². The molecule has 1 aromatic rings. The van der Waals surface area contributed by atoms with E-state index in [1.54, 1.807) is 12.1 Å². The molecule has 1 aromatic carbocycles. The molecule has 0 fully saturated rings. The van der Waals surface area contributed by atoms with E-state index in [-0.39, 0.29) is 0 Å². The van der Waals surface area contributed by atoms with E-state index in [0.29, 0.717) is 12.2 Å². The molecule has 64 valence electrons. The number of phenolic OH excluding ortho intramolecular Hbond substituents is 1. The molecule has 0 atom stereocenters. The van der Waals surface area contributed by atoms with Crippen LogP contribution in [0.3, 0.4) is 0 Å². The van der Waals surface area contributed by atoms with Gasteiger partial charge in [0.1, 0.15) is 5.75 Å². The summed E-state index contributed by atoms with van der Waals surface area (Å²) in [7, 11) is 0. The van der Waals surface area contributed by atoms with Crippen molar-refractivity contribution in [1.29, 1.82) is 0 Å². The van der Waals surface area contributed by atoms with Crippen LogP contribution < -0.4 is 0 Å². The van der Waals surface area contributed by atoms with E-state index < -0.39 is 0 Å². The van der Waals surface area contributed by atoms with Crippen LogP contribution in [0.15, 0.2) is 29.8 Å². The third-order valence-corrected chi connectivity index (χ3v) is 1.84. The first-order valence-electron chi connectivity index (χ1n) is 3.77. The monoisotopic (exact) mass is 182 g/mol. The Labute approximate surface area is 77.3 Å². The number of aryl methyl sites for hydroxylation is 1. The third-order valence-electron chi connectivity index (χ3n) is 1.66. The van der Waals surface area contributed by atoms with E-state index >= 15 is 0 Å². The molecule has 0 radical (unpaired) electrons. The average molecular weight is 183 g/mol. The highest BCUT2D eigenvalue weighted by Gasteiger charge is 1.97. The first kappa shape index (κ1) is 9.14. The van der Waals surface area contributed by atoms with E-state index in [2.05, 4.69) is 0 Å². The Morgan fingerprint density at radius 1 is 1.50 bits per heavy atom. The van der Waals surface area contributed by atoms with Crippen LogP contribution in [0.2, 0.25) is 0 Å². The van der Waals surface area contributed by atoms with Gasteiger partial charge in [-0.2, -0.15) is 0 Å². The summed E-state index contributed by atoms with van der Waals surface area (Å²) >= 11 is 5.38. The highest BCUT2D eigenvalue weighted by atomic mass is 35.5. The molecular weight excluding hydrogens is 172 g/mol. The summed E-state index contributed by atoms with van der Waals surface area (Å²) in [6.45, 7) is 1.99. The van der Waals surface area contributed by atoms with Crippen molar-refractivity contribution in [2.75, 3.05) is 0 Å². The van der Waals surface area contributed by atoms with Gasteiger partial charge in [0.05, 0.1) is 0 Å². The smallest absolute Gasteiger partial charge is 0.119 e. The Bertz CT molecular complexity index is 292. The first-order chi connectivity index (χ1) is 5.74. The van der Waals surface area contributed by atoms with E-state index in [9.17, 15) is 5.11 Å². The van der Waals surface area contributed by atoms with Gasteiger partial charge < -0.3 is 5.11 Å². The Kier molecular flexibility index (Phi) is 3.18. The molecule has 1 rings (SSSR count). The molecule has 0 saturated carbocycles. The summed E-state index contributed by atoms with van der Waals surface area (Å²) < 4.78 is 0. The highest BCUT2D eigenvalue weighted by molar-refractivity contribution is 6.25. The summed E-state index contributed by atoms with van der Waals surface area (Å²) in [5.41, 5.74) is 3.51. The number of rotatable bonds is 2. The van der Waals surface area contributed by atoms with Crippen LogP contribution in [0.4, 0.5) is 0 Å². The van der Waals surface area contributed by atoms with Crippen LogP contribution >= 0.6 is 11.6 Å². The molecule has 2 heteroatoms. The van der Waals surface area contributed by atoms with Crippen LogP contribution in [0, 0.1) is 6.92 Å². The number of halogens is 1. The fourth-order valence-electron chi connectivity index (χ4n) is 1.05. The Balaban J connectivity index is 2.89. The molecule has 0 aliphatic heterocycles. The zero-order valence-corrected chi connectivity index (χ0v) is 7.67. The molecule has 12 heavy (non-hydrogen) atoms. The van der Waals surface area contributed by atoms with Crippen molar-refractivity contribution in [2.45, 2.75) is 13.3 Å². The van der Waals surface area contributed by atoms with Gasteiger partial charge in [0, 0.05) is 5.54 Å². The van der Waals surface area contributed by atoms with Gasteiger partial charge in [-0.3, -0.25) is 0 Å². The minimum atomic E-state index is 0.329. The number of allylic oxidation sites excluding steroid dienone is 1. The van der Waals surface area contributed by atoms with Crippen molar-refractivity contribution in [3.05, 3.63) is 40.9 Å². The maximum absolute atomic E-state index is 9.38. The predicted octanol–water partition coefficient (Wildman–Crippen LogP) is 3.00. The Morgan fingerprint density at radius 3 is 2.92 bits per heavy atom. The lowest BCUT2D eigenvalue weighted by atomic mass is 10.1. The van der Waals surface area contributed by atoms with Gasteiger partial charge in [0.15, 0.2) is 0 Å². The van der Waals surface area contributed by atoms with E-state index in [0.717, 1.165) is 11.1 Å². The minimum absolute atomic E-state index is 0.329. The van der Waals surface area contributed by atoms with Crippen LogP contribution in [0.5, 0.6) is 5.75 Å². The van der Waals surface area contributed by atoms with Gasteiger partial charge in [-0.05, 0) is 25.0 Å². The summed E-state index contributed by atoms with van der Waals surface area (Å²) in [4.78, 5) is 0. The molecule has 0 unspecified atom stereocenters. The number of benzene rings is 1. The van der Waals surface area contributed by atoms with Gasteiger partial charge >= 0.3 is 0 Å². The van der Waals surface area contributed by atoms with E-state index in [1.807, 2.05) is 19.1 Å². The SMILES string of the molecule is Cc1ccc(O)c(C/C=C/Cl)c1. The van der Waals surface area contributed by atoms with Crippen molar-refractivity contribution >= 4 is 11.6 Å². The lowest BCUT2D eigenvalue weighted by molar-refractivity contribution is 0.469. The molecule has 0 aliphatic rings. The number of aromatic hydroxyl groups is 1. The molecule has 0 aromatic heterocycles. The number of hydrogen-bond donors (Lipinski definition) is 1. The zero-order chi connectivity index (χ0) is 8.97. The summed E-state index contributed by atoms with van der Waals surface area (Å²) in [5, 5.41) is 9.38. The van der Waals surface area contributed by atoms with Gasteiger partial charge in [-0.1, -0.05) is 35.4 Å². The fraction of sp³-hybridized carbons (Fsp3) is 0.200. The lowest BCUT2D eigenvalue weighted by Gasteiger charge is -2.01. The van der Waals surface area contributed by atoms with Crippen molar-refractivity contribution < 1.29 is 5.11 Å². The molecule has 0 bridgehead atoms. The fourth-order valence-corrected chi connectivity index (χ4v) is 1.14. The average Bonchev–Trinajstić information content (AvgIpc) is 2.07. The Hall–Kier alpha value is -0.950. The molecule has 1 N–H and O–H groups in total. The maximum Gasteiger partial charge on any atom is 0.119 e. The maximum atomic E-state index is 9.38. The quantitative estimate of drug-likeness (QED) is 0.746. The molecule has 1 nitrogen and oxygen atoms in total. The second-order valence-corrected chi connectivity index (χ2v) is 2.95. The topological polar surface area (TPSA) is 20.2 Å². The number of hydrogen-bond acceptors (Lipinski definition) is 1. The largest absolute Gasteiger partial charge is 0.508 e. The van der Waals surface area contributed by atoms with E-state index in [1.165, 1.54) is 5.54 Å². The molecular formula is C10H11ClO. The van der Waals surface area contributed by atoms with Crippen LogP contribution in [0.1, 0.15) is 11.1 Å². The summed E-state index contributed by atoms with van der Waals surface area (Å²) in [6.07, 6.45) is 2.48. The van der Waals surface area contributed by atoms with Crippen LogP contribution in [-0.2, 0) is 6.42 Å². The molecule has 0 spiro atoms. The van der Waals surface area contributed by atoms with Crippen molar-refractivity contribution in [2.24, 2.45) is 0 Å². The van der Waals surface area contributed by atoms with Crippen molar-refractivity contribution in [3.63, 3.8) is 0 Å². The standard InChI is InChI=1S/C10H11ClO/c1-8-4-5-10(12)9(7-8)3-2-6-11/h2,4-7,12H,3H2,1H3/b6-2+. The van der Waals surface area contributed by atoms with Gasteiger partial charge in [-0.25, -0.2) is 0 Å². The predicted molar refractivity (Wildman–Crippen MR) is 51.5 cm³/mol. The van der Waals surface area contributed by atoms with Crippen LogP contribution in [0.25, 0.3) is 0 Å². The van der Waals surface area contributed by atoms with Crippen LogP contribution in [-0.4, -0.2) is 5.11 Å². The lowest BCUT2D eigenvalue weighted by Crippen LogP contribution is -1.83. The highest BCUT2D eigenvalue weighted by Crippen LogP contribution is 2.18. The van der Waals surface area contributed by atoms with Gasteiger partial charge in [0.25, 0.3) is 0 Å². The molecule has 0 amide bonds. The van der Waals surface area contributed by atoms with Gasteiger partial charge in [-0.15, -0.1) is 0 Å². The third kappa shape index (κ3) is 2.28. The molecule has 0 heterocycles. The second kappa shape index (κ2) is 4.17. The summed E-state index contributed by atoms with van der Waals surface area (Å²) in [6, 6.07) is 5.53. The minimum Gasteiger partial charge on any atom is -0.508 e. The first-order valence-corrected chi connectivity index (χ1v) is 4.21. The molecule has 0 saturated heterocycles. The second-order valence-electron chi connectivity index (χ2n) is 2.70. The number of phenols is 1. The van der Waals surface area contributed by atoms with Gasteiger partial charge in [0.2, 0.25) is 0 Å². The van der Waals surface area contributed by atoms with Crippen molar-refractivity contribution in [1.82, 2.24) is 0 Å². The zero-order valence-electron chi connectivity index (χ0n) is 6.92. The van der Waals surface area contributed by atoms with Crippen molar-refractivity contribution in [3.8, 4) is 5.75 Å². The Morgan fingerprint density at radius 2 is 2.25 bits per heavy atom. The molecule has 0 aliphatic carbocycles. The summed E-state index contributed by atoms with van der Waals surface area (Å²) in [5.74, 6) is 0.329.